The number of rotatable bonds is 7. The molecular formula is C12H13N3O3S. The first-order valence-electron chi connectivity index (χ1n) is 5.60. The minimum absolute atomic E-state index is 0.0945. The van der Waals surface area contributed by atoms with Crippen molar-refractivity contribution in [1.82, 2.24) is 15.1 Å². The van der Waals surface area contributed by atoms with Crippen LogP contribution in [0.4, 0.5) is 0 Å². The molecule has 0 aliphatic heterocycles. The van der Waals surface area contributed by atoms with E-state index >= 15 is 0 Å². The molecule has 2 rings (SSSR count). The van der Waals surface area contributed by atoms with Crippen molar-refractivity contribution in [3.8, 4) is 10.8 Å². The summed E-state index contributed by atoms with van der Waals surface area (Å²) in [6, 6.07) is 3.79. The molecule has 7 heteroatoms. The molecule has 1 N–H and O–H groups in total. The summed E-state index contributed by atoms with van der Waals surface area (Å²) >= 11 is 1.51. The van der Waals surface area contributed by atoms with Crippen LogP contribution in [0.5, 0.6) is 0 Å². The van der Waals surface area contributed by atoms with E-state index in [-0.39, 0.29) is 13.1 Å². The van der Waals surface area contributed by atoms with Crippen molar-refractivity contribution >= 4 is 17.3 Å². The van der Waals surface area contributed by atoms with Crippen LogP contribution in [0.25, 0.3) is 10.8 Å². The Kier molecular flexibility index (Phi) is 4.43. The van der Waals surface area contributed by atoms with E-state index in [9.17, 15) is 4.79 Å². The summed E-state index contributed by atoms with van der Waals surface area (Å²) in [5, 5.41) is 18.6. The van der Waals surface area contributed by atoms with Crippen LogP contribution in [0.1, 0.15) is 5.89 Å². The molecule has 0 aromatic carbocycles. The summed E-state index contributed by atoms with van der Waals surface area (Å²) in [6.07, 6.45) is 1.64. The normalized spacial score (nSPS) is 10.8. The molecule has 0 aliphatic rings. The van der Waals surface area contributed by atoms with E-state index in [1.165, 1.54) is 11.3 Å². The molecule has 6 nitrogen and oxygen atoms in total. The minimum Gasteiger partial charge on any atom is -0.480 e. The van der Waals surface area contributed by atoms with Crippen LogP contribution in [-0.4, -0.2) is 39.3 Å². The summed E-state index contributed by atoms with van der Waals surface area (Å²) < 4.78 is 5.51. The van der Waals surface area contributed by atoms with E-state index in [0.29, 0.717) is 18.3 Å². The Balaban J connectivity index is 2.05. The minimum atomic E-state index is -0.903. The molecule has 0 fully saturated rings. The average Bonchev–Trinajstić information content (AvgIpc) is 2.97. The smallest absolute Gasteiger partial charge is 0.317 e. The number of aromatic nitrogens is 2. The predicted octanol–water partition coefficient (Wildman–Crippen LogP) is 1.87. The number of carbonyl (C=O) groups is 1. The van der Waals surface area contributed by atoms with Crippen molar-refractivity contribution in [3.05, 3.63) is 36.1 Å². The van der Waals surface area contributed by atoms with E-state index in [1.54, 1.807) is 11.0 Å². The van der Waals surface area contributed by atoms with Crippen LogP contribution >= 0.6 is 11.3 Å². The highest BCUT2D eigenvalue weighted by molar-refractivity contribution is 7.13. The third-order valence-electron chi connectivity index (χ3n) is 2.30. The first-order chi connectivity index (χ1) is 9.19. The van der Waals surface area contributed by atoms with Crippen molar-refractivity contribution < 1.29 is 14.3 Å². The standard InChI is InChI=1S/C12H13N3O3S/c1-2-5-15(8-11(16)17)7-10-13-14-12(18-10)9-4-3-6-19-9/h2-4,6H,1,5,7-8H2,(H,16,17). The van der Waals surface area contributed by atoms with Crippen LogP contribution in [0.3, 0.4) is 0 Å². The van der Waals surface area contributed by atoms with Crippen molar-refractivity contribution in [2.75, 3.05) is 13.1 Å². The quantitative estimate of drug-likeness (QED) is 0.779. The lowest BCUT2D eigenvalue weighted by molar-refractivity contribution is -0.138. The van der Waals surface area contributed by atoms with Gasteiger partial charge in [-0.1, -0.05) is 12.1 Å². The Hall–Kier alpha value is -1.99. The molecule has 0 saturated heterocycles. The van der Waals surface area contributed by atoms with Crippen molar-refractivity contribution in [2.45, 2.75) is 6.54 Å². The Morgan fingerprint density at radius 1 is 1.58 bits per heavy atom. The molecule has 100 valence electrons. The highest BCUT2D eigenvalue weighted by Crippen LogP contribution is 2.23. The lowest BCUT2D eigenvalue weighted by Gasteiger charge is -2.15. The highest BCUT2D eigenvalue weighted by Gasteiger charge is 2.14. The van der Waals surface area contributed by atoms with E-state index in [1.807, 2.05) is 17.5 Å². The number of carboxylic acid groups (broad SMARTS) is 1. The van der Waals surface area contributed by atoms with Gasteiger partial charge in [-0.3, -0.25) is 9.69 Å². The average molecular weight is 279 g/mol. The zero-order valence-corrected chi connectivity index (χ0v) is 11.0. The molecular weight excluding hydrogens is 266 g/mol. The molecule has 2 heterocycles. The number of hydrogen-bond donors (Lipinski definition) is 1. The fourth-order valence-electron chi connectivity index (χ4n) is 1.57. The van der Waals surface area contributed by atoms with Crippen LogP contribution in [0, 0.1) is 0 Å². The molecule has 0 spiro atoms. The maximum atomic E-state index is 10.7. The first-order valence-corrected chi connectivity index (χ1v) is 6.48. The molecule has 0 saturated carbocycles. The van der Waals surface area contributed by atoms with Gasteiger partial charge >= 0.3 is 5.97 Å². The zero-order chi connectivity index (χ0) is 13.7. The molecule has 0 bridgehead atoms. The number of hydrogen-bond acceptors (Lipinski definition) is 6. The fourth-order valence-corrected chi connectivity index (χ4v) is 2.21. The Morgan fingerprint density at radius 3 is 3.05 bits per heavy atom. The Morgan fingerprint density at radius 2 is 2.42 bits per heavy atom. The third-order valence-corrected chi connectivity index (χ3v) is 3.16. The van der Waals surface area contributed by atoms with Gasteiger partial charge in [-0.15, -0.1) is 28.1 Å². The van der Waals surface area contributed by atoms with Gasteiger partial charge in [-0.2, -0.15) is 0 Å². The van der Waals surface area contributed by atoms with Crippen molar-refractivity contribution in [1.29, 1.82) is 0 Å². The molecule has 0 amide bonds. The van der Waals surface area contributed by atoms with Crippen LogP contribution in [0.15, 0.2) is 34.6 Å². The molecule has 2 aromatic rings. The van der Waals surface area contributed by atoms with E-state index < -0.39 is 5.97 Å². The second-order valence-electron chi connectivity index (χ2n) is 3.83. The highest BCUT2D eigenvalue weighted by atomic mass is 32.1. The predicted molar refractivity (Wildman–Crippen MR) is 70.7 cm³/mol. The molecule has 0 aliphatic carbocycles. The topological polar surface area (TPSA) is 79.5 Å². The number of aliphatic carboxylic acids is 1. The maximum absolute atomic E-state index is 10.7. The zero-order valence-electron chi connectivity index (χ0n) is 10.2. The van der Waals surface area contributed by atoms with E-state index in [2.05, 4.69) is 16.8 Å². The lowest BCUT2D eigenvalue weighted by atomic mass is 10.4. The van der Waals surface area contributed by atoms with Crippen LogP contribution in [-0.2, 0) is 11.3 Å². The summed E-state index contributed by atoms with van der Waals surface area (Å²) in [6.45, 7) is 4.24. The monoisotopic (exact) mass is 279 g/mol. The lowest BCUT2D eigenvalue weighted by Crippen LogP contribution is -2.29. The van der Waals surface area contributed by atoms with E-state index in [0.717, 1.165) is 4.88 Å². The van der Waals surface area contributed by atoms with Gasteiger partial charge in [0, 0.05) is 6.54 Å². The SMILES string of the molecule is C=CCN(CC(=O)O)Cc1nnc(-c2cccs2)o1. The van der Waals surface area contributed by atoms with Gasteiger partial charge in [0.25, 0.3) is 5.89 Å². The van der Waals surface area contributed by atoms with Gasteiger partial charge in [0.15, 0.2) is 0 Å². The van der Waals surface area contributed by atoms with Crippen LogP contribution in [0.2, 0.25) is 0 Å². The molecule has 2 aromatic heterocycles. The Labute approximate surface area is 114 Å². The third kappa shape index (κ3) is 3.73. The second-order valence-corrected chi connectivity index (χ2v) is 4.78. The Bertz CT molecular complexity index is 550. The van der Waals surface area contributed by atoms with Gasteiger partial charge in [0.1, 0.15) is 0 Å². The molecule has 0 radical (unpaired) electrons. The van der Waals surface area contributed by atoms with Gasteiger partial charge in [-0.05, 0) is 11.4 Å². The van der Waals surface area contributed by atoms with Crippen LogP contribution < -0.4 is 0 Å². The number of thiophene rings is 1. The second kappa shape index (κ2) is 6.26. The summed E-state index contributed by atoms with van der Waals surface area (Å²) in [4.78, 5) is 13.3. The van der Waals surface area contributed by atoms with Crippen molar-refractivity contribution in [2.24, 2.45) is 0 Å². The first kappa shape index (κ1) is 13.4. The summed E-state index contributed by atoms with van der Waals surface area (Å²) in [5.74, 6) is -0.0507. The largest absolute Gasteiger partial charge is 0.480 e. The summed E-state index contributed by atoms with van der Waals surface area (Å²) in [5.41, 5.74) is 0. The molecule has 19 heavy (non-hydrogen) atoms. The van der Waals surface area contributed by atoms with Gasteiger partial charge in [0.2, 0.25) is 5.89 Å². The van der Waals surface area contributed by atoms with Gasteiger partial charge < -0.3 is 9.52 Å². The molecule has 0 atom stereocenters. The van der Waals surface area contributed by atoms with Gasteiger partial charge in [-0.25, -0.2) is 0 Å². The summed E-state index contributed by atoms with van der Waals surface area (Å²) in [7, 11) is 0. The van der Waals surface area contributed by atoms with Crippen molar-refractivity contribution in [3.63, 3.8) is 0 Å². The molecule has 0 unspecified atom stereocenters. The number of nitrogens with zero attached hydrogens (tertiary/aromatic N) is 3. The number of carboxylic acids is 1. The van der Waals surface area contributed by atoms with E-state index in [4.69, 9.17) is 9.52 Å². The maximum Gasteiger partial charge on any atom is 0.317 e. The fraction of sp³-hybridized carbons (Fsp3) is 0.250. The van der Waals surface area contributed by atoms with Gasteiger partial charge in [0.05, 0.1) is 18.0 Å².